The summed E-state index contributed by atoms with van der Waals surface area (Å²) in [7, 11) is 3.88. The van der Waals surface area contributed by atoms with E-state index in [4.69, 9.17) is 10.9 Å². The first-order valence-electron chi connectivity index (χ1n) is 5.98. The molecule has 6 heteroatoms. The lowest BCUT2D eigenvalue weighted by Gasteiger charge is -2.13. The number of amides is 1. The van der Waals surface area contributed by atoms with Crippen LogP contribution in [0.5, 0.6) is 0 Å². The number of hydrogen-bond acceptors (Lipinski definition) is 4. The zero-order chi connectivity index (χ0) is 14.4. The minimum absolute atomic E-state index is 0.100. The topological polar surface area (TPSA) is 91.0 Å². The fraction of sp³-hybridized carbons (Fsp3) is 0.385. The number of hydrogen-bond donors (Lipinski definition) is 3. The van der Waals surface area contributed by atoms with Crippen LogP contribution >= 0.6 is 0 Å². The Bertz CT molecular complexity index is 454. The first kappa shape index (κ1) is 14.8. The number of oxime groups is 1. The maximum absolute atomic E-state index is 11.9. The molecule has 4 N–H and O–H groups in total. The van der Waals surface area contributed by atoms with Crippen molar-refractivity contribution in [1.29, 1.82) is 0 Å². The largest absolute Gasteiger partial charge is 0.409 e. The van der Waals surface area contributed by atoms with Crippen LogP contribution in [-0.2, 0) is 0 Å². The molecule has 0 aliphatic rings. The molecule has 1 unspecified atom stereocenters. The van der Waals surface area contributed by atoms with Crippen molar-refractivity contribution in [3.05, 3.63) is 29.8 Å². The van der Waals surface area contributed by atoms with Gasteiger partial charge in [-0.05, 0) is 24.3 Å². The van der Waals surface area contributed by atoms with E-state index in [0.29, 0.717) is 12.1 Å². The van der Waals surface area contributed by atoms with Crippen molar-refractivity contribution in [3.8, 4) is 0 Å². The Morgan fingerprint density at radius 2 is 2.00 bits per heavy atom. The van der Waals surface area contributed by atoms with Crippen LogP contribution in [0.1, 0.15) is 17.3 Å². The summed E-state index contributed by atoms with van der Waals surface area (Å²) in [6.45, 7) is 2.09. The van der Waals surface area contributed by atoms with E-state index in [0.717, 1.165) is 5.69 Å². The van der Waals surface area contributed by atoms with Gasteiger partial charge in [0.1, 0.15) is 5.84 Å². The molecule has 0 bridgehead atoms. The monoisotopic (exact) mass is 264 g/mol. The normalized spacial score (nSPS) is 12.9. The van der Waals surface area contributed by atoms with Crippen LogP contribution in [0.3, 0.4) is 0 Å². The number of anilines is 1. The van der Waals surface area contributed by atoms with Gasteiger partial charge in [-0.15, -0.1) is 0 Å². The van der Waals surface area contributed by atoms with Crippen LogP contribution in [0.15, 0.2) is 29.4 Å². The van der Waals surface area contributed by atoms with Crippen molar-refractivity contribution in [2.45, 2.75) is 6.92 Å². The number of nitrogens with one attached hydrogen (secondary N) is 1. The molecule has 0 saturated heterocycles. The van der Waals surface area contributed by atoms with E-state index in [2.05, 4.69) is 10.5 Å². The highest BCUT2D eigenvalue weighted by Gasteiger charge is 2.11. The van der Waals surface area contributed by atoms with E-state index in [1.54, 1.807) is 19.1 Å². The van der Waals surface area contributed by atoms with Crippen molar-refractivity contribution in [2.24, 2.45) is 16.8 Å². The molecule has 6 nitrogen and oxygen atoms in total. The smallest absolute Gasteiger partial charge is 0.251 e. The predicted molar refractivity (Wildman–Crippen MR) is 75.7 cm³/mol. The predicted octanol–water partition coefficient (Wildman–Crippen LogP) is 0.865. The summed E-state index contributed by atoms with van der Waals surface area (Å²) in [5, 5.41) is 14.2. The highest BCUT2D eigenvalue weighted by Crippen LogP contribution is 2.12. The summed E-state index contributed by atoms with van der Waals surface area (Å²) >= 11 is 0. The summed E-state index contributed by atoms with van der Waals surface area (Å²) in [6, 6.07) is 7.28. The van der Waals surface area contributed by atoms with Gasteiger partial charge in [-0.25, -0.2) is 0 Å². The molecule has 1 amide bonds. The van der Waals surface area contributed by atoms with Crippen LogP contribution in [-0.4, -0.2) is 37.6 Å². The number of carbonyl (C=O) groups excluding carboxylic acids is 1. The Kier molecular flexibility index (Phi) is 5.17. The molecule has 0 saturated carbocycles. The van der Waals surface area contributed by atoms with E-state index in [1.807, 2.05) is 31.1 Å². The standard InChI is InChI=1S/C13H20N4O2/c1-9(12(14)16-19)8-15-13(18)10-4-6-11(7-5-10)17(2)3/h4-7,9,19H,8H2,1-3H3,(H2,14,16)(H,15,18). The van der Waals surface area contributed by atoms with Gasteiger partial charge in [0.15, 0.2) is 0 Å². The maximum Gasteiger partial charge on any atom is 0.251 e. The molecule has 1 atom stereocenters. The molecule has 0 spiro atoms. The lowest BCUT2D eigenvalue weighted by Crippen LogP contribution is -2.34. The first-order chi connectivity index (χ1) is 8.95. The lowest BCUT2D eigenvalue weighted by molar-refractivity contribution is 0.0951. The molecule has 0 heterocycles. The second-order valence-corrected chi connectivity index (χ2v) is 4.58. The Labute approximate surface area is 112 Å². The molecule has 0 radical (unpaired) electrons. The molecule has 0 aliphatic carbocycles. The van der Waals surface area contributed by atoms with E-state index >= 15 is 0 Å². The summed E-state index contributed by atoms with van der Waals surface area (Å²) < 4.78 is 0. The third-order valence-electron chi connectivity index (χ3n) is 2.84. The number of rotatable bonds is 5. The molecule has 1 aromatic rings. The Hall–Kier alpha value is -2.24. The summed E-state index contributed by atoms with van der Waals surface area (Å²) in [5.41, 5.74) is 7.05. The van der Waals surface area contributed by atoms with E-state index in [-0.39, 0.29) is 17.7 Å². The van der Waals surface area contributed by atoms with Crippen LogP contribution in [0, 0.1) is 5.92 Å². The number of amidine groups is 1. The fourth-order valence-electron chi connectivity index (χ4n) is 1.46. The van der Waals surface area contributed by atoms with Crippen LogP contribution < -0.4 is 16.0 Å². The second-order valence-electron chi connectivity index (χ2n) is 4.58. The van der Waals surface area contributed by atoms with Gasteiger partial charge < -0.3 is 21.2 Å². The highest BCUT2D eigenvalue weighted by molar-refractivity contribution is 5.95. The van der Waals surface area contributed by atoms with Gasteiger partial charge in [0.05, 0.1) is 0 Å². The zero-order valence-electron chi connectivity index (χ0n) is 11.4. The third kappa shape index (κ3) is 4.17. The SMILES string of the molecule is CC(CNC(=O)c1ccc(N(C)C)cc1)C(N)=NO. The first-order valence-corrected chi connectivity index (χ1v) is 5.98. The molecule has 19 heavy (non-hydrogen) atoms. The number of benzene rings is 1. The molecule has 104 valence electrons. The van der Waals surface area contributed by atoms with Gasteiger partial charge in [0.2, 0.25) is 0 Å². The van der Waals surface area contributed by atoms with Gasteiger partial charge in [0, 0.05) is 37.8 Å². The van der Waals surface area contributed by atoms with E-state index in [9.17, 15) is 4.79 Å². The van der Waals surface area contributed by atoms with Gasteiger partial charge in [0.25, 0.3) is 5.91 Å². The van der Waals surface area contributed by atoms with Gasteiger partial charge in [-0.3, -0.25) is 4.79 Å². The van der Waals surface area contributed by atoms with Gasteiger partial charge >= 0.3 is 0 Å². The Morgan fingerprint density at radius 3 is 2.47 bits per heavy atom. The summed E-state index contributed by atoms with van der Waals surface area (Å²) in [6.07, 6.45) is 0. The molecular weight excluding hydrogens is 244 g/mol. The maximum atomic E-state index is 11.9. The molecule has 0 aromatic heterocycles. The average Bonchev–Trinajstić information content (AvgIpc) is 2.43. The van der Waals surface area contributed by atoms with E-state index < -0.39 is 0 Å². The zero-order valence-corrected chi connectivity index (χ0v) is 11.4. The second kappa shape index (κ2) is 6.63. The summed E-state index contributed by atoms with van der Waals surface area (Å²) in [4.78, 5) is 13.8. The number of nitrogens with zero attached hydrogens (tertiary/aromatic N) is 2. The molecule has 1 rings (SSSR count). The van der Waals surface area contributed by atoms with Crippen LogP contribution in [0.4, 0.5) is 5.69 Å². The van der Waals surface area contributed by atoms with Gasteiger partial charge in [-0.1, -0.05) is 12.1 Å². The molecule has 1 aromatic carbocycles. The van der Waals surface area contributed by atoms with Crippen molar-refractivity contribution in [3.63, 3.8) is 0 Å². The Morgan fingerprint density at radius 1 is 1.42 bits per heavy atom. The lowest BCUT2D eigenvalue weighted by atomic mass is 10.1. The minimum atomic E-state index is -0.213. The van der Waals surface area contributed by atoms with Gasteiger partial charge in [-0.2, -0.15) is 0 Å². The van der Waals surface area contributed by atoms with E-state index in [1.165, 1.54) is 0 Å². The van der Waals surface area contributed by atoms with Crippen molar-refractivity contribution in [2.75, 3.05) is 25.5 Å². The average molecular weight is 264 g/mol. The minimum Gasteiger partial charge on any atom is -0.409 e. The Balaban J connectivity index is 2.59. The molecule has 0 fully saturated rings. The number of carbonyl (C=O) groups is 1. The van der Waals surface area contributed by atoms with Crippen LogP contribution in [0.2, 0.25) is 0 Å². The molecular formula is C13H20N4O2. The van der Waals surface area contributed by atoms with Crippen LogP contribution in [0.25, 0.3) is 0 Å². The third-order valence-corrected chi connectivity index (χ3v) is 2.84. The van der Waals surface area contributed by atoms with Crippen molar-refractivity contribution in [1.82, 2.24) is 5.32 Å². The van der Waals surface area contributed by atoms with Crippen molar-refractivity contribution < 1.29 is 10.0 Å². The number of nitrogens with two attached hydrogens (primary N) is 1. The van der Waals surface area contributed by atoms with Crippen molar-refractivity contribution >= 4 is 17.4 Å². The fourth-order valence-corrected chi connectivity index (χ4v) is 1.46. The quantitative estimate of drug-likeness (QED) is 0.318. The summed E-state index contributed by atoms with van der Waals surface area (Å²) in [5.74, 6) is -0.291. The molecule has 0 aliphatic heterocycles. The highest BCUT2D eigenvalue weighted by atomic mass is 16.4.